The molecule has 0 saturated heterocycles. The van der Waals surface area contributed by atoms with Gasteiger partial charge >= 0.3 is 0 Å². The van der Waals surface area contributed by atoms with E-state index in [-0.39, 0.29) is 22.8 Å². The van der Waals surface area contributed by atoms with Crippen molar-refractivity contribution in [1.29, 1.82) is 0 Å². The maximum Gasteiger partial charge on any atom is 0.139 e. The largest absolute Gasteiger partial charge is 0.394 e. The molecule has 4 saturated carbocycles. The van der Waals surface area contributed by atoms with Crippen molar-refractivity contribution >= 4 is 17.3 Å². The van der Waals surface area contributed by atoms with E-state index in [1.54, 1.807) is 0 Å². The van der Waals surface area contributed by atoms with Crippen molar-refractivity contribution in [3.63, 3.8) is 0 Å². The quantitative estimate of drug-likeness (QED) is 0.767. The van der Waals surface area contributed by atoms with Crippen LogP contribution < -0.4 is 5.73 Å². The maximum atomic E-state index is 13.2. The summed E-state index contributed by atoms with van der Waals surface area (Å²) in [6.07, 6.45) is 7.11. The molecule has 0 amide bonds. The SMILES string of the molecule is C[C@H](N)CO/N=C1\CC[C@@]2(C)[C@H](C1)C(=O)C[C@@H]1[C@@H]2CC[C@]2(C)C(=O)CC[C@@H]12. The third-order valence-corrected chi connectivity index (χ3v) is 8.54. The van der Waals surface area contributed by atoms with Crippen molar-refractivity contribution in [1.82, 2.24) is 0 Å². The highest BCUT2D eigenvalue weighted by molar-refractivity contribution is 5.93. The number of Topliss-reactive ketones (excluding diaryl/α,β-unsaturated/α-hetero) is 2. The van der Waals surface area contributed by atoms with Crippen LogP contribution >= 0.6 is 0 Å². The zero-order valence-electron chi connectivity index (χ0n) is 17.0. The zero-order valence-corrected chi connectivity index (χ0v) is 17.0. The molecule has 0 aliphatic heterocycles. The molecule has 4 aliphatic rings. The summed E-state index contributed by atoms with van der Waals surface area (Å²) >= 11 is 0. The Morgan fingerprint density at radius 3 is 2.67 bits per heavy atom. The molecule has 0 spiro atoms. The summed E-state index contributed by atoms with van der Waals surface area (Å²) in [4.78, 5) is 31.1. The monoisotopic (exact) mass is 374 g/mol. The lowest BCUT2D eigenvalue weighted by molar-refractivity contribution is -0.152. The summed E-state index contributed by atoms with van der Waals surface area (Å²) in [5.41, 5.74) is 6.62. The minimum atomic E-state index is -0.168. The second-order valence-corrected chi connectivity index (χ2v) is 10.2. The molecule has 4 fully saturated rings. The van der Waals surface area contributed by atoms with Crippen LogP contribution in [-0.2, 0) is 14.4 Å². The van der Waals surface area contributed by atoms with Crippen molar-refractivity contribution < 1.29 is 14.4 Å². The van der Waals surface area contributed by atoms with E-state index in [1.165, 1.54) is 0 Å². The van der Waals surface area contributed by atoms with Crippen molar-refractivity contribution in [2.45, 2.75) is 78.2 Å². The van der Waals surface area contributed by atoms with Crippen molar-refractivity contribution in [2.75, 3.05) is 6.61 Å². The van der Waals surface area contributed by atoms with Crippen LogP contribution in [-0.4, -0.2) is 29.9 Å². The van der Waals surface area contributed by atoms with Gasteiger partial charge in [0, 0.05) is 30.2 Å². The molecule has 0 bridgehead atoms. The number of rotatable bonds is 3. The minimum absolute atomic E-state index is 0.0362. The van der Waals surface area contributed by atoms with Crippen LogP contribution in [0.4, 0.5) is 0 Å². The van der Waals surface area contributed by atoms with Crippen LogP contribution in [0.25, 0.3) is 0 Å². The number of nitrogens with two attached hydrogens (primary N) is 1. The van der Waals surface area contributed by atoms with Crippen molar-refractivity contribution in [3.05, 3.63) is 0 Å². The Labute approximate surface area is 162 Å². The minimum Gasteiger partial charge on any atom is -0.394 e. The molecule has 150 valence electrons. The second-order valence-electron chi connectivity index (χ2n) is 10.2. The zero-order chi connectivity index (χ0) is 19.4. The number of hydrogen-bond acceptors (Lipinski definition) is 5. The number of ketones is 2. The molecule has 7 atom stereocenters. The molecule has 4 aliphatic carbocycles. The van der Waals surface area contributed by atoms with E-state index < -0.39 is 0 Å². The third-order valence-electron chi connectivity index (χ3n) is 8.54. The van der Waals surface area contributed by atoms with Crippen molar-refractivity contribution in [2.24, 2.45) is 45.4 Å². The molecule has 0 radical (unpaired) electrons. The smallest absolute Gasteiger partial charge is 0.139 e. The summed E-state index contributed by atoms with van der Waals surface area (Å²) in [7, 11) is 0. The van der Waals surface area contributed by atoms with E-state index in [1.807, 2.05) is 6.92 Å². The summed E-state index contributed by atoms with van der Waals surface area (Å²) in [6, 6.07) is -0.0362. The molecule has 4 rings (SSSR count). The number of oxime groups is 1. The highest BCUT2D eigenvalue weighted by Crippen LogP contribution is 2.64. The number of carbonyl (C=O) groups is 2. The van der Waals surface area contributed by atoms with E-state index in [4.69, 9.17) is 10.6 Å². The summed E-state index contributed by atoms with van der Waals surface area (Å²) in [5, 5.41) is 4.30. The molecule has 0 aromatic carbocycles. The van der Waals surface area contributed by atoms with Crippen LogP contribution in [0.15, 0.2) is 5.16 Å². The average Bonchev–Trinajstić information content (AvgIpc) is 2.91. The fourth-order valence-electron chi connectivity index (χ4n) is 6.95. The van der Waals surface area contributed by atoms with Gasteiger partial charge < -0.3 is 10.6 Å². The van der Waals surface area contributed by atoms with Gasteiger partial charge in [0.25, 0.3) is 0 Å². The molecular formula is C22H34N2O3. The molecule has 5 heteroatoms. The van der Waals surface area contributed by atoms with E-state index in [2.05, 4.69) is 19.0 Å². The van der Waals surface area contributed by atoms with E-state index >= 15 is 0 Å². The second kappa shape index (κ2) is 6.68. The van der Waals surface area contributed by atoms with Crippen LogP contribution in [0.2, 0.25) is 0 Å². The van der Waals surface area contributed by atoms with Crippen LogP contribution in [0.1, 0.15) is 72.1 Å². The lowest BCUT2D eigenvalue weighted by Gasteiger charge is -2.58. The van der Waals surface area contributed by atoms with Gasteiger partial charge in [-0.25, -0.2) is 0 Å². The van der Waals surface area contributed by atoms with E-state index in [0.717, 1.165) is 44.2 Å². The van der Waals surface area contributed by atoms with E-state index in [0.29, 0.717) is 48.8 Å². The van der Waals surface area contributed by atoms with Gasteiger partial charge in [-0.15, -0.1) is 0 Å². The number of fused-ring (bicyclic) bond motifs is 5. The fraction of sp³-hybridized carbons (Fsp3) is 0.864. The summed E-state index contributed by atoms with van der Waals surface area (Å²) in [5.74, 6) is 2.27. The number of hydrogen-bond donors (Lipinski definition) is 1. The predicted octanol–water partition coefficient (Wildman–Crippen LogP) is 3.50. The van der Waals surface area contributed by atoms with Gasteiger partial charge in [0.2, 0.25) is 0 Å². The predicted molar refractivity (Wildman–Crippen MR) is 104 cm³/mol. The molecule has 2 N–H and O–H groups in total. The maximum absolute atomic E-state index is 13.2. The first kappa shape index (κ1) is 19.1. The number of nitrogens with zero attached hydrogens (tertiary/aromatic N) is 1. The normalized spacial score (nSPS) is 46.6. The summed E-state index contributed by atoms with van der Waals surface area (Å²) < 4.78 is 0. The van der Waals surface area contributed by atoms with Crippen LogP contribution in [0.3, 0.4) is 0 Å². The lowest BCUT2D eigenvalue weighted by atomic mass is 9.45. The van der Waals surface area contributed by atoms with Crippen molar-refractivity contribution in [3.8, 4) is 0 Å². The molecule has 0 aromatic heterocycles. The molecule has 27 heavy (non-hydrogen) atoms. The van der Waals surface area contributed by atoms with Crippen LogP contribution in [0.5, 0.6) is 0 Å². The highest BCUT2D eigenvalue weighted by atomic mass is 16.6. The third kappa shape index (κ3) is 2.97. The first-order chi connectivity index (χ1) is 12.8. The average molecular weight is 375 g/mol. The van der Waals surface area contributed by atoms with Gasteiger partial charge in [0.15, 0.2) is 0 Å². The Kier molecular flexibility index (Phi) is 4.73. The standard InChI is InChI=1S/C22H34N2O3/c1-13(23)12-27-24-14-6-8-21(2)17-7-9-22(3)16(4-5-20(22)26)15(17)11-19(25)18(21)10-14/h13,15-18H,4-12,23H2,1-3H3/b24-14+/t13-,15-,16-,17-,18+,21+,22-/m0/s1. The Morgan fingerprint density at radius 1 is 1.15 bits per heavy atom. The summed E-state index contributed by atoms with van der Waals surface area (Å²) in [6.45, 7) is 6.82. The van der Waals surface area contributed by atoms with Gasteiger partial charge in [-0.3, -0.25) is 9.59 Å². The van der Waals surface area contributed by atoms with Gasteiger partial charge in [-0.2, -0.15) is 0 Å². The molecule has 0 heterocycles. The lowest BCUT2D eigenvalue weighted by Crippen LogP contribution is -2.56. The molecule has 5 nitrogen and oxygen atoms in total. The first-order valence-electron chi connectivity index (χ1n) is 10.7. The molecule has 0 aromatic rings. The topological polar surface area (TPSA) is 81.8 Å². The Morgan fingerprint density at radius 2 is 1.93 bits per heavy atom. The Bertz CT molecular complexity index is 672. The van der Waals surface area contributed by atoms with E-state index in [9.17, 15) is 9.59 Å². The fourth-order valence-corrected chi connectivity index (χ4v) is 6.95. The first-order valence-corrected chi connectivity index (χ1v) is 10.7. The Balaban J connectivity index is 1.54. The Hall–Kier alpha value is -1.23. The highest BCUT2D eigenvalue weighted by Gasteiger charge is 2.62. The van der Waals surface area contributed by atoms with Gasteiger partial charge in [0.1, 0.15) is 18.2 Å². The molecule has 0 unspecified atom stereocenters. The van der Waals surface area contributed by atoms with Gasteiger partial charge in [-0.05, 0) is 68.6 Å². The molecular weight excluding hydrogens is 340 g/mol. The van der Waals surface area contributed by atoms with Gasteiger partial charge in [0.05, 0.1) is 5.71 Å². The number of carbonyl (C=O) groups excluding carboxylic acids is 2. The van der Waals surface area contributed by atoms with Crippen LogP contribution in [0, 0.1) is 34.5 Å². The van der Waals surface area contributed by atoms with Gasteiger partial charge in [-0.1, -0.05) is 19.0 Å².